The smallest absolute Gasteiger partial charge is 0.278 e. The Morgan fingerprint density at radius 3 is 2.80 bits per heavy atom. The fourth-order valence-corrected chi connectivity index (χ4v) is 2.88. The molecule has 0 spiro atoms. The van der Waals surface area contributed by atoms with Crippen LogP contribution in [0, 0.1) is 5.92 Å². The minimum absolute atomic E-state index is 0.442. The van der Waals surface area contributed by atoms with E-state index in [2.05, 4.69) is 22.0 Å². The summed E-state index contributed by atoms with van der Waals surface area (Å²) in [6.45, 7) is 2.24. The highest BCUT2D eigenvalue weighted by molar-refractivity contribution is 5.44. The van der Waals surface area contributed by atoms with Gasteiger partial charge in [0.05, 0.1) is 11.9 Å². The van der Waals surface area contributed by atoms with Crippen LogP contribution in [0.5, 0.6) is 0 Å². The molecule has 0 radical (unpaired) electrons. The van der Waals surface area contributed by atoms with Crippen LogP contribution in [-0.2, 0) is 12.6 Å². The third-order valence-electron chi connectivity index (χ3n) is 4.37. The quantitative estimate of drug-likeness (QED) is 0.928. The molecular formula is C14H21N5O. The number of aryl methyl sites for hydroxylation is 1. The normalized spacial score (nSPS) is 26.9. The zero-order chi connectivity index (χ0) is 14.2. The Labute approximate surface area is 118 Å². The molecule has 1 aliphatic rings. The molecule has 0 aliphatic heterocycles. The van der Waals surface area contributed by atoms with Crippen LogP contribution in [0.25, 0.3) is 11.6 Å². The van der Waals surface area contributed by atoms with E-state index in [0.717, 1.165) is 31.6 Å². The maximum Gasteiger partial charge on any atom is 0.278 e. The third kappa shape index (κ3) is 2.35. The molecule has 2 aromatic heterocycles. The molecule has 0 aromatic carbocycles. The molecular weight excluding hydrogens is 254 g/mol. The van der Waals surface area contributed by atoms with Crippen molar-refractivity contribution in [3.05, 3.63) is 18.3 Å². The predicted molar refractivity (Wildman–Crippen MR) is 74.6 cm³/mol. The van der Waals surface area contributed by atoms with Crippen molar-refractivity contribution in [2.24, 2.45) is 18.7 Å². The van der Waals surface area contributed by atoms with Crippen LogP contribution in [0.2, 0.25) is 0 Å². The van der Waals surface area contributed by atoms with Gasteiger partial charge in [0, 0.05) is 13.2 Å². The number of hydrogen-bond acceptors (Lipinski definition) is 5. The molecule has 6 heteroatoms. The summed E-state index contributed by atoms with van der Waals surface area (Å²) in [6.07, 6.45) is 8.92. The van der Waals surface area contributed by atoms with Crippen LogP contribution >= 0.6 is 0 Å². The summed E-state index contributed by atoms with van der Waals surface area (Å²) >= 11 is 0. The van der Waals surface area contributed by atoms with E-state index < -0.39 is 5.54 Å². The fourth-order valence-electron chi connectivity index (χ4n) is 2.88. The van der Waals surface area contributed by atoms with E-state index in [1.807, 2.05) is 17.8 Å². The maximum atomic E-state index is 6.48. The van der Waals surface area contributed by atoms with Gasteiger partial charge in [-0.15, -0.1) is 0 Å². The molecule has 1 saturated carbocycles. The zero-order valence-electron chi connectivity index (χ0n) is 12.0. The van der Waals surface area contributed by atoms with Crippen molar-refractivity contribution in [1.29, 1.82) is 0 Å². The predicted octanol–water partition coefficient (Wildman–Crippen LogP) is 2.22. The minimum Gasteiger partial charge on any atom is -0.340 e. The Balaban J connectivity index is 1.80. The summed E-state index contributed by atoms with van der Waals surface area (Å²) in [5.41, 5.74) is 6.73. The van der Waals surface area contributed by atoms with Crippen LogP contribution < -0.4 is 5.73 Å². The second-order valence-electron chi connectivity index (χ2n) is 5.86. The summed E-state index contributed by atoms with van der Waals surface area (Å²) in [5.74, 6) is 1.85. The highest BCUT2D eigenvalue weighted by atomic mass is 16.5. The van der Waals surface area contributed by atoms with E-state index >= 15 is 0 Å². The molecule has 1 aliphatic carbocycles. The highest BCUT2D eigenvalue weighted by Crippen LogP contribution is 2.37. The van der Waals surface area contributed by atoms with Crippen LogP contribution in [-0.4, -0.2) is 19.7 Å². The third-order valence-corrected chi connectivity index (χ3v) is 4.37. The van der Waals surface area contributed by atoms with Crippen molar-refractivity contribution in [3.63, 3.8) is 0 Å². The van der Waals surface area contributed by atoms with Crippen LogP contribution in [0.15, 0.2) is 17.0 Å². The maximum absolute atomic E-state index is 6.48. The number of nitrogens with zero attached hydrogens (tertiary/aromatic N) is 4. The van der Waals surface area contributed by atoms with E-state index in [4.69, 9.17) is 10.3 Å². The largest absolute Gasteiger partial charge is 0.340 e. The highest BCUT2D eigenvalue weighted by Gasteiger charge is 2.37. The number of imidazole rings is 1. The first-order valence-electron chi connectivity index (χ1n) is 7.22. The van der Waals surface area contributed by atoms with Crippen LogP contribution in [0.1, 0.15) is 44.9 Å². The Morgan fingerprint density at radius 1 is 1.45 bits per heavy atom. The molecule has 2 N–H and O–H groups in total. The average molecular weight is 275 g/mol. The second kappa shape index (κ2) is 5.01. The monoisotopic (exact) mass is 275 g/mol. The Hall–Kier alpha value is -1.69. The van der Waals surface area contributed by atoms with Crippen molar-refractivity contribution in [2.45, 2.75) is 44.6 Å². The van der Waals surface area contributed by atoms with Gasteiger partial charge in [-0.3, -0.25) is 0 Å². The summed E-state index contributed by atoms with van der Waals surface area (Å²) in [7, 11) is 1.91. The number of nitrogens with two attached hydrogens (primary N) is 1. The lowest BCUT2D eigenvalue weighted by atomic mass is 9.76. The molecule has 2 heterocycles. The van der Waals surface area contributed by atoms with E-state index in [0.29, 0.717) is 17.4 Å². The molecule has 0 atom stereocenters. The van der Waals surface area contributed by atoms with Gasteiger partial charge in [-0.25, -0.2) is 4.98 Å². The Morgan fingerprint density at radius 2 is 2.20 bits per heavy atom. The molecule has 6 nitrogen and oxygen atoms in total. The molecule has 3 rings (SSSR count). The molecule has 0 unspecified atom stereocenters. The van der Waals surface area contributed by atoms with Gasteiger partial charge < -0.3 is 14.8 Å². The summed E-state index contributed by atoms with van der Waals surface area (Å²) in [6, 6.07) is 0. The van der Waals surface area contributed by atoms with E-state index in [9.17, 15) is 0 Å². The van der Waals surface area contributed by atoms with Crippen molar-refractivity contribution in [1.82, 2.24) is 19.7 Å². The summed E-state index contributed by atoms with van der Waals surface area (Å²) in [4.78, 5) is 8.68. The topological polar surface area (TPSA) is 82.8 Å². The minimum atomic E-state index is -0.442. The summed E-state index contributed by atoms with van der Waals surface area (Å²) < 4.78 is 7.17. The number of hydrogen-bond donors (Lipinski definition) is 1. The van der Waals surface area contributed by atoms with Gasteiger partial charge in [-0.05, 0) is 31.6 Å². The van der Waals surface area contributed by atoms with Crippen molar-refractivity contribution in [3.8, 4) is 11.6 Å². The second-order valence-corrected chi connectivity index (χ2v) is 5.86. The lowest BCUT2D eigenvalue weighted by molar-refractivity contribution is 0.216. The fraction of sp³-hybridized carbons (Fsp3) is 0.643. The molecule has 0 bridgehead atoms. The first kappa shape index (κ1) is 13.3. The van der Waals surface area contributed by atoms with Crippen LogP contribution in [0.4, 0.5) is 0 Å². The van der Waals surface area contributed by atoms with Gasteiger partial charge in [-0.2, -0.15) is 4.98 Å². The van der Waals surface area contributed by atoms with Crippen molar-refractivity contribution >= 4 is 0 Å². The first-order valence-corrected chi connectivity index (χ1v) is 7.22. The van der Waals surface area contributed by atoms with Gasteiger partial charge in [0.1, 0.15) is 5.69 Å². The van der Waals surface area contributed by atoms with E-state index in [-0.39, 0.29) is 0 Å². The lowest BCUT2D eigenvalue weighted by Gasteiger charge is -2.34. The Bertz CT molecular complexity index is 580. The lowest BCUT2D eigenvalue weighted by Crippen LogP contribution is -2.41. The molecule has 0 saturated heterocycles. The SMILES string of the molecule is CCC1CCC(N)(c2noc(-c3cn(C)cn3)n2)CC1. The van der Waals surface area contributed by atoms with Crippen molar-refractivity contribution in [2.75, 3.05) is 0 Å². The summed E-state index contributed by atoms with van der Waals surface area (Å²) in [5, 5.41) is 4.09. The molecule has 0 amide bonds. The van der Waals surface area contributed by atoms with Gasteiger partial charge in [0.15, 0.2) is 5.82 Å². The Kier molecular flexibility index (Phi) is 3.33. The molecule has 1 fully saturated rings. The molecule has 20 heavy (non-hydrogen) atoms. The van der Waals surface area contributed by atoms with Crippen LogP contribution in [0.3, 0.4) is 0 Å². The number of rotatable bonds is 3. The van der Waals surface area contributed by atoms with Gasteiger partial charge in [0.25, 0.3) is 5.89 Å². The van der Waals surface area contributed by atoms with E-state index in [1.165, 1.54) is 6.42 Å². The average Bonchev–Trinajstić information content (AvgIpc) is 3.08. The molecule has 108 valence electrons. The van der Waals surface area contributed by atoms with E-state index in [1.54, 1.807) is 6.33 Å². The standard InChI is InChI=1S/C14H21N5O/c1-3-10-4-6-14(15,7-5-10)13-17-12(20-18-13)11-8-19(2)9-16-11/h8-10H,3-7,15H2,1-2H3. The zero-order valence-corrected chi connectivity index (χ0v) is 12.0. The first-order chi connectivity index (χ1) is 9.60. The van der Waals surface area contributed by atoms with Gasteiger partial charge in [0.2, 0.25) is 0 Å². The number of aromatic nitrogens is 4. The van der Waals surface area contributed by atoms with Crippen molar-refractivity contribution < 1.29 is 4.52 Å². The molecule has 2 aromatic rings. The van der Waals surface area contributed by atoms with Gasteiger partial charge in [-0.1, -0.05) is 18.5 Å². The van der Waals surface area contributed by atoms with Gasteiger partial charge >= 0.3 is 0 Å².